The minimum Gasteiger partial charge on any atom is -1.00 e. The molecular weight excluding hydrogens is 420 g/mol. The largest absolute Gasteiger partial charge is 1.00 e. The summed E-state index contributed by atoms with van der Waals surface area (Å²) >= 11 is 0. The lowest BCUT2D eigenvalue weighted by molar-refractivity contribution is -0.565. The number of nitrogens with zero attached hydrogens (tertiary/aromatic N) is 2. The molecule has 4 nitrogen and oxygen atoms in total. The summed E-state index contributed by atoms with van der Waals surface area (Å²) in [5.41, 5.74) is 10.9. The summed E-state index contributed by atoms with van der Waals surface area (Å²) in [5.74, 6) is 0. The van der Waals surface area contributed by atoms with Gasteiger partial charge in [0.05, 0.1) is 13.2 Å². The fourth-order valence-electron chi connectivity index (χ4n) is 5.45. The number of ether oxygens (including phenoxy) is 2. The van der Waals surface area contributed by atoms with Crippen molar-refractivity contribution >= 4 is 6.34 Å². The summed E-state index contributed by atoms with van der Waals surface area (Å²) in [6, 6.07) is 9.74. The van der Waals surface area contributed by atoms with Crippen LogP contribution < -0.4 is 12.4 Å². The summed E-state index contributed by atoms with van der Waals surface area (Å²) in [7, 11) is 3.56. The van der Waals surface area contributed by atoms with E-state index >= 15 is 0 Å². The van der Waals surface area contributed by atoms with Crippen molar-refractivity contribution in [2.75, 3.05) is 40.5 Å². The van der Waals surface area contributed by atoms with E-state index in [9.17, 15) is 0 Å². The SMILES string of the molecule is COCCN1C=[N+](CCOC)C(c2c(C)cc(C)cc2C)C1c1c(C)cc(C)cc1C.[Cl-]. The maximum atomic E-state index is 5.48. The molecule has 2 aromatic rings. The molecular formula is C27H39ClN2O2. The molecule has 0 bridgehead atoms. The van der Waals surface area contributed by atoms with Crippen molar-refractivity contribution in [1.82, 2.24) is 4.90 Å². The van der Waals surface area contributed by atoms with Crippen molar-refractivity contribution in [2.24, 2.45) is 0 Å². The molecule has 5 heteroatoms. The number of hydrogen-bond acceptors (Lipinski definition) is 3. The molecule has 0 spiro atoms. The van der Waals surface area contributed by atoms with Crippen LogP contribution in [-0.4, -0.2) is 56.3 Å². The average molecular weight is 459 g/mol. The van der Waals surface area contributed by atoms with Crippen LogP contribution in [0.25, 0.3) is 0 Å². The molecule has 0 saturated carbocycles. The number of rotatable bonds is 8. The second-order valence-corrected chi connectivity index (χ2v) is 9.09. The maximum absolute atomic E-state index is 5.48. The van der Waals surface area contributed by atoms with Gasteiger partial charge in [0, 0.05) is 25.3 Å². The molecule has 176 valence electrons. The Labute approximate surface area is 200 Å². The standard InChI is InChI=1S/C27H39N2O2.ClH/c1-18-13-20(3)24(21(4)14-18)26-27(25-22(5)15-19(2)16-23(25)6)29(10-12-31-8)17-28(26)9-11-30-7;/h13-17,26-27H,9-12H2,1-8H3;1H/q+1;/p-1. The second-order valence-electron chi connectivity index (χ2n) is 9.09. The highest BCUT2D eigenvalue weighted by atomic mass is 35.5. The predicted molar refractivity (Wildman–Crippen MR) is 128 cm³/mol. The third-order valence-corrected chi connectivity index (χ3v) is 6.49. The fraction of sp³-hybridized carbons (Fsp3) is 0.519. The van der Waals surface area contributed by atoms with E-state index in [1.54, 1.807) is 14.2 Å². The molecule has 1 heterocycles. The van der Waals surface area contributed by atoms with E-state index in [1.807, 2.05) is 0 Å². The van der Waals surface area contributed by atoms with Gasteiger partial charge < -0.3 is 21.9 Å². The zero-order valence-corrected chi connectivity index (χ0v) is 21.7. The fourth-order valence-corrected chi connectivity index (χ4v) is 5.45. The van der Waals surface area contributed by atoms with Crippen molar-refractivity contribution < 1.29 is 26.5 Å². The Morgan fingerprint density at radius 2 is 1.22 bits per heavy atom. The molecule has 2 aromatic carbocycles. The van der Waals surface area contributed by atoms with E-state index in [0.717, 1.165) is 13.1 Å². The van der Waals surface area contributed by atoms with Gasteiger partial charge in [-0.25, -0.2) is 0 Å². The Morgan fingerprint density at radius 3 is 1.69 bits per heavy atom. The molecule has 32 heavy (non-hydrogen) atoms. The van der Waals surface area contributed by atoms with Gasteiger partial charge in [0.25, 0.3) is 0 Å². The van der Waals surface area contributed by atoms with Gasteiger partial charge >= 0.3 is 0 Å². The molecule has 1 aliphatic rings. The maximum Gasteiger partial charge on any atom is 0.235 e. The van der Waals surface area contributed by atoms with Crippen molar-refractivity contribution in [2.45, 2.75) is 53.6 Å². The van der Waals surface area contributed by atoms with E-state index < -0.39 is 0 Å². The van der Waals surface area contributed by atoms with Crippen molar-refractivity contribution in [3.63, 3.8) is 0 Å². The zero-order valence-electron chi connectivity index (χ0n) is 21.0. The summed E-state index contributed by atoms with van der Waals surface area (Å²) < 4.78 is 13.4. The Morgan fingerprint density at radius 1 is 0.750 bits per heavy atom. The van der Waals surface area contributed by atoms with Gasteiger partial charge in [0.1, 0.15) is 13.1 Å². The van der Waals surface area contributed by atoms with Crippen LogP contribution in [0.2, 0.25) is 0 Å². The first kappa shape index (κ1) is 26.4. The monoisotopic (exact) mass is 458 g/mol. The van der Waals surface area contributed by atoms with Gasteiger partial charge in [-0.2, -0.15) is 0 Å². The molecule has 0 N–H and O–H groups in total. The quantitative estimate of drug-likeness (QED) is 0.565. The minimum atomic E-state index is 0. The van der Waals surface area contributed by atoms with E-state index in [2.05, 4.69) is 81.6 Å². The molecule has 0 fully saturated rings. The second kappa shape index (κ2) is 11.3. The molecule has 0 aliphatic carbocycles. The Balaban J connectivity index is 0.00000363. The van der Waals surface area contributed by atoms with Crippen LogP contribution in [0, 0.1) is 41.5 Å². The molecule has 2 atom stereocenters. The summed E-state index contributed by atoms with van der Waals surface area (Å²) in [6.45, 7) is 16.5. The van der Waals surface area contributed by atoms with Crippen LogP contribution in [0.5, 0.6) is 0 Å². The van der Waals surface area contributed by atoms with Crippen LogP contribution >= 0.6 is 0 Å². The number of hydrogen-bond donors (Lipinski definition) is 0. The molecule has 1 aliphatic heterocycles. The lowest BCUT2D eigenvalue weighted by Crippen LogP contribution is -3.00. The van der Waals surface area contributed by atoms with E-state index in [1.165, 1.54) is 44.5 Å². The molecule has 0 aromatic heterocycles. The van der Waals surface area contributed by atoms with E-state index in [-0.39, 0.29) is 24.5 Å². The molecule has 0 radical (unpaired) electrons. The van der Waals surface area contributed by atoms with E-state index in [4.69, 9.17) is 9.47 Å². The third-order valence-electron chi connectivity index (χ3n) is 6.49. The first-order valence-electron chi connectivity index (χ1n) is 11.3. The van der Waals surface area contributed by atoms with Crippen LogP contribution in [0.4, 0.5) is 0 Å². The van der Waals surface area contributed by atoms with Gasteiger partial charge in [-0.1, -0.05) is 35.4 Å². The summed E-state index contributed by atoms with van der Waals surface area (Å²) in [5, 5.41) is 0. The number of methoxy groups -OCH3 is 2. The van der Waals surface area contributed by atoms with Crippen molar-refractivity contribution in [1.29, 1.82) is 0 Å². The lowest BCUT2D eigenvalue weighted by Gasteiger charge is -2.29. The lowest BCUT2D eigenvalue weighted by atomic mass is 9.83. The number of halogens is 1. The van der Waals surface area contributed by atoms with Gasteiger partial charge in [-0.15, -0.1) is 0 Å². The number of aryl methyl sites for hydroxylation is 6. The molecule has 0 saturated heterocycles. The van der Waals surface area contributed by atoms with Crippen LogP contribution in [0.15, 0.2) is 24.3 Å². The third kappa shape index (κ3) is 5.36. The first-order valence-corrected chi connectivity index (χ1v) is 11.3. The highest BCUT2D eigenvalue weighted by molar-refractivity contribution is 5.57. The highest BCUT2D eigenvalue weighted by Gasteiger charge is 2.46. The van der Waals surface area contributed by atoms with Crippen LogP contribution in [-0.2, 0) is 9.47 Å². The topological polar surface area (TPSA) is 24.7 Å². The van der Waals surface area contributed by atoms with Gasteiger partial charge in [-0.05, 0) is 63.8 Å². The average Bonchev–Trinajstić information content (AvgIpc) is 3.01. The molecule has 0 amide bonds. The minimum absolute atomic E-state index is 0. The zero-order chi connectivity index (χ0) is 22.7. The predicted octanol–water partition coefficient (Wildman–Crippen LogP) is 1.97. The van der Waals surface area contributed by atoms with Crippen LogP contribution in [0.1, 0.15) is 56.6 Å². The van der Waals surface area contributed by atoms with Crippen molar-refractivity contribution in [3.05, 3.63) is 68.8 Å². The normalized spacial score (nSPS) is 18.0. The Kier molecular flexibility index (Phi) is 9.32. The van der Waals surface area contributed by atoms with Gasteiger partial charge in [0.15, 0.2) is 12.1 Å². The smallest absolute Gasteiger partial charge is 0.235 e. The first-order chi connectivity index (χ1) is 14.8. The van der Waals surface area contributed by atoms with Crippen LogP contribution in [0.3, 0.4) is 0 Å². The number of benzene rings is 2. The highest BCUT2D eigenvalue weighted by Crippen LogP contribution is 2.44. The van der Waals surface area contributed by atoms with Gasteiger partial charge in [0.2, 0.25) is 6.34 Å². The van der Waals surface area contributed by atoms with Crippen molar-refractivity contribution in [3.8, 4) is 0 Å². The Bertz CT molecular complexity index is 924. The van der Waals surface area contributed by atoms with Gasteiger partial charge in [-0.3, -0.25) is 9.48 Å². The summed E-state index contributed by atoms with van der Waals surface area (Å²) in [6.07, 6.45) is 2.31. The summed E-state index contributed by atoms with van der Waals surface area (Å²) in [4.78, 5) is 2.48. The molecule has 3 rings (SSSR count). The van der Waals surface area contributed by atoms with E-state index in [0.29, 0.717) is 13.2 Å². The Hall–Kier alpha value is -1.88. The molecule has 2 unspecified atom stereocenters.